The Morgan fingerprint density at radius 3 is 2.81 bits per heavy atom. The lowest BCUT2D eigenvalue weighted by atomic mass is 9.96. The van der Waals surface area contributed by atoms with Gasteiger partial charge in [0.25, 0.3) is 5.91 Å². The molecule has 0 bridgehead atoms. The van der Waals surface area contributed by atoms with Crippen molar-refractivity contribution >= 4 is 11.7 Å². The Balaban J connectivity index is 2.13. The van der Waals surface area contributed by atoms with Gasteiger partial charge in [-0.15, -0.1) is 0 Å². The van der Waals surface area contributed by atoms with Crippen LogP contribution in [-0.4, -0.2) is 44.8 Å². The molecular formula is C18H21N5O4. The predicted molar refractivity (Wildman–Crippen MR) is 95.2 cm³/mol. The van der Waals surface area contributed by atoms with Gasteiger partial charge in [-0.2, -0.15) is 10.4 Å². The van der Waals surface area contributed by atoms with Crippen molar-refractivity contribution in [1.82, 2.24) is 14.8 Å². The van der Waals surface area contributed by atoms with Crippen molar-refractivity contribution in [3.63, 3.8) is 0 Å². The van der Waals surface area contributed by atoms with Crippen LogP contribution in [0.5, 0.6) is 5.75 Å². The number of nitrogens with two attached hydrogens (primary N) is 1. The third-order valence-electron chi connectivity index (χ3n) is 4.12. The largest absolute Gasteiger partial charge is 0.492 e. The molecule has 0 aliphatic carbocycles. The van der Waals surface area contributed by atoms with E-state index in [-0.39, 0.29) is 29.7 Å². The maximum Gasteiger partial charge on any atom is 0.286 e. The molecule has 1 atom stereocenters. The second-order valence-corrected chi connectivity index (χ2v) is 5.93. The number of aliphatic hydroxyl groups excluding tert-OH is 1. The molecule has 0 aliphatic rings. The summed E-state index contributed by atoms with van der Waals surface area (Å²) in [7, 11) is 0. The number of rotatable bonds is 10. The van der Waals surface area contributed by atoms with Crippen molar-refractivity contribution in [3.05, 3.63) is 35.9 Å². The number of nitrogens with zero attached hydrogens (tertiary/aromatic N) is 4. The van der Waals surface area contributed by atoms with E-state index in [0.717, 1.165) is 0 Å². The SMILES string of the molecule is CC(=O)C(CCO)CCCOc1cccc(-n2ncnc2C(N)=O)c1C#N. The van der Waals surface area contributed by atoms with Crippen LogP contribution in [0.2, 0.25) is 0 Å². The van der Waals surface area contributed by atoms with Crippen LogP contribution >= 0.6 is 0 Å². The molecule has 9 heteroatoms. The third-order valence-corrected chi connectivity index (χ3v) is 4.12. The number of hydrogen-bond donors (Lipinski definition) is 2. The quantitative estimate of drug-likeness (QED) is 0.592. The molecular weight excluding hydrogens is 350 g/mol. The smallest absolute Gasteiger partial charge is 0.286 e. The number of carbonyl (C=O) groups excluding carboxylic acids is 2. The molecule has 9 nitrogen and oxygen atoms in total. The summed E-state index contributed by atoms with van der Waals surface area (Å²) in [6.07, 6.45) is 2.79. The Bertz CT molecular complexity index is 856. The molecule has 1 aromatic carbocycles. The van der Waals surface area contributed by atoms with E-state index in [0.29, 0.717) is 37.3 Å². The zero-order valence-electron chi connectivity index (χ0n) is 15.0. The molecule has 1 heterocycles. The molecule has 0 saturated carbocycles. The fraction of sp³-hybridized carbons (Fsp3) is 0.389. The zero-order chi connectivity index (χ0) is 19.8. The van der Waals surface area contributed by atoms with Gasteiger partial charge in [0.15, 0.2) is 0 Å². The van der Waals surface area contributed by atoms with Gasteiger partial charge in [0, 0.05) is 12.5 Å². The highest BCUT2D eigenvalue weighted by Crippen LogP contribution is 2.25. The number of nitriles is 1. The van der Waals surface area contributed by atoms with Crippen LogP contribution in [0.4, 0.5) is 0 Å². The standard InChI is InChI=1S/C18H21N5O4/c1-12(25)13(7-8-24)4-3-9-27-16-6-2-5-15(14(16)10-19)23-18(17(20)26)21-11-22-23/h2,5-6,11,13,24H,3-4,7-9H2,1H3,(H2,20,26). The average molecular weight is 371 g/mol. The lowest BCUT2D eigenvalue weighted by Crippen LogP contribution is -2.18. The fourth-order valence-corrected chi connectivity index (χ4v) is 2.73. The molecule has 1 aromatic heterocycles. The van der Waals surface area contributed by atoms with Gasteiger partial charge in [-0.25, -0.2) is 9.67 Å². The molecule has 2 aromatic rings. The molecule has 0 aliphatic heterocycles. The van der Waals surface area contributed by atoms with Crippen LogP contribution in [0.15, 0.2) is 24.5 Å². The van der Waals surface area contributed by atoms with Gasteiger partial charge in [0.2, 0.25) is 5.82 Å². The van der Waals surface area contributed by atoms with Crippen molar-refractivity contribution in [2.75, 3.05) is 13.2 Å². The first-order valence-electron chi connectivity index (χ1n) is 8.47. The predicted octanol–water partition coefficient (Wildman–Crippen LogP) is 0.984. The summed E-state index contributed by atoms with van der Waals surface area (Å²) < 4.78 is 6.90. The van der Waals surface area contributed by atoms with E-state index in [4.69, 9.17) is 15.6 Å². The third kappa shape index (κ3) is 4.89. The van der Waals surface area contributed by atoms with Gasteiger partial charge in [-0.1, -0.05) is 6.07 Å². The molecule has 0 fully saturated rings. The van der Waals surface area contributed by atoms with Crippen molar-refractivity contribution in [1.29, 1.82) is 5.26 Å². The van der Waals surface area contributed by atoms with Gasteiger partial charge >= 0.3 is 0 Å². The maximum atomic E-state index is 11.5. The average Bonchev–Trinajstić information content (AvgIpc) is 3.13. The normalized spacial score (nSPS) is 11.6. The number of carbonyl (C=O) groups is 2. The van der Waals surface area contributed by atoms with Crippen LogP contribution in [-0.2, 0) is 4.79 Å². The van der Waals surface area contributed by atoms with E-state index in [1.807, 2.05) is 0 Å². The molecule has 27 heavy (non-hydrogen) atoms. The Morgan fingerprint density at radius 2 is 2.19 bits per heavy atom. The Kier molecular flexibility index (Phi) is 7.02. The van der Waals surface area contributed by atoms with Gasteiger partial charge in [-0.3, -0.25) is 9.59 Å². The highest BCUT2D eigenvalue weighted by atomic mass is 16.5. The Hall–Kier alpha value is -3.25. The first kappa shape index (κ1) is 20.1. The number of ether oxygens (including phenoxy) is 1. The second-order valence-electron chi connectivity index (χ2n) is 5.93. The molecule has 2 rings (SSSR count). The summed E-state index contributed by atoms with van der Waals surface area (Å²) in [6.45, 7) is 1.77. The number of ketones is 1. The first-order valence-corrected chi connectivity index (χ1v) is 8.47. The summed E-state index contributed by atoms with van der Waals surface area (Å²) in [6, 6.07) is 6.97. The number of benzene rings is 1. The minimum Gasteiger partial charge on any atom is -0.492 e. The lowest BCUT2D eigenvalue weighted by Gasteiger charge is -2.14. The highest BCUT2D eigenvalue weighted by molar-refractivity contribution is 5.89. The van der Waals surface area contributed by atoms with Crippen LogP contribution in [0.25, 0.3) is 5.69 Å². The summed E-state index contributed by atoms with van der Waals surface area (Å²) >= 11 is 0. The van der Waals surface area contributed by atoms with Crippen molar-refractivity contribution < 1.29 is 19.4 Å². The van der Waals surface area contributed by atoms with Crippen molar-refractivity contribution in [2.24, 2.45) is 11.7 Å². The highest BCUT2D eigenvalue weighted by Gasteiger charge is 2.18. The van der Waals surface area contributed by atoms with Crippen LogP contribution in [0.3, 0.4) is 0 Å². The molecule has 142 valence electrons. The number of Topliss-reactive ketones (excluding diaryl/α,β-unsaturated/α-hetero) is 1. The fourth-order valence-electron chi connectivity index (χ4n) is 2.73. The summed E-state index contributed by atoms with van der Waals surface area (Å²) in [5.41, 5.74) is 5.81. The van der Waals surface area contributed by atoms with Crippen LogP contribution in [0, 0.1) is 17.2 Å². The minimum atomic E-state index is -0.762. The van der Waals surface area contributed by atoms with E-state index in [2.05, 4.69) is 16.2 Å². The number of aromatic nitrogens is 3. The molecule has 1 unspecified atom stereocenters. The van der Waals surface area contributed by atoms with E-state index in [9.17, 15) is 14.9 Å². The van der Waals surface area contributed by atoms with Gasteiger partial charge in [0.05, 0.1) is 12.3 Å². The number of hydrogen-bond acceptors (Lipinski definition) is 7. The minimum absolute atomic E-state index is 0.0359. The van der Waals surface area contributed by atoms with Gasteiger partial charge < -0.3 is 15.6 Å². The van der Waals surface area contributed by atoms with Crippen molar-refractivity contribution in [2.45, 2.75) is 26.2 Å². The second kappa shape index (κ2) is 9.45. The van der Waals surface area contributed by atoms with Crippen molar-refractivity contribution in [3.8, 4) is 17.5 Å². The summed E-state index contributed by atoms with van der Waals surface area (Å²) in [4.78, 5) is 26.8. The van der Waals surface area contributed by atoms with E-state index in [1.165, 1.54) is 17.9 Å². The number of primary amides is 1. The van der Waals surface area contributed by atoms with Gasteiger partial charge in [-0.05, 0) is 38.3 Å². The number of aliphatic hydroxyl groups is 1. The molecule has 3 N–H and O–H groups in total. The Labute approximate surface area is 156 Å². The lowest BCUT2D eigenvalue weighted by molar-refractivity contribution is -0.121. The monoisotopic (exact) mass is 371 g/mol. The van der Waals surface area contributed by atoms with Gasteiger partial charge in [0.1, 0.15) is 29.5 Å². The van der Waals surface area contributed by atoms with Crippen LogP contribution in [0.1, 0.15) is 42.4 Å². The topological polar surface area (TPSA) is 144 Å². The molecule has 0 spiro atoms. The van der Waals surface area contributed by atoms with E-state index >= 15 is 0 Å². The van der Waals surface area contributed by atoms with E-state index in [1.54, 1.807) is 18.2 Å². The van der Waals surface area contributed by atoms with E-state index < -0.39 is 5.91 Å². The maximum absolute atomic E-state index is 11.5. The number of amides is 1. The molecule has 0 saturated heterocycles. The summed E-state index contributed by atoms with van der Waals surface area (Å²) in [5.74, 6) is -0.677. The van der Waals surface area contributed by atoms with Crippen LogP contribution < -0.4 is 10.5 Å². The molecule has 1 amide bonds. The Morgan fingerprint density at radius 1 is 1.41 bits per heavy atom. The molecule has 0 radical (unpaired) electrons. The first-order chi connectivity index (χ1) is 13.0. The zero-order valence-corrected chi connectivity index (χ0v) is 15.0. The summed E-state index contributed by atoms with van der Waals surface area (Å²) in [5, 5.41) is 22.5.